The molecule has 0 aliphatic rings. The van der Waals surface area contributed by atoms with Gasteiger partial charge in [-0.05, 0) is 17.8 Å². The summed E-state index contributed by atoms with van der Waals surface area (Å²) in [6, 6.07) is 0. The largest absolute Gasteiger partial charge is 0.0651 e. The monoisotopic (exact) mass is 226 g/mol. The molecule has 98 valence electrons. The summed E-state index contributed by atoms with van der Waals surface area (Å²) in [5, 5.41) is 0. The average molecular weight is 226 g/mol. The van der Waals surface area contributed by atoms with Crippen molar-refractivity contribution in [3.05, 3.63) is 0 Å². The van der Waals surface area contributed by atoms with Crippen LogP contribution in [0.15, 0.2) is 0 Å². The first-order chi connectivity index (χ1) is 7.60. The van der Waals surface area contributed by atoms with Crippen LogP contribution in [0.25, 0.3) is 0 Å². The van der Waals surface area contributed by atoms with Crippen molar-refractivity contribution in [3.63, 3.8) is 0 Å². The van der Waals surface area contributed by atoms with Crippen molar-refractivity contribution in [3.8, 4) is 0 Å². The lowest BCUT2D eigenvalue weighted by Crippen LogP contribution is -2.02. The zero-order valence-electron chi connectivity index (χ0n) is 12.4. The second-order valence-electron chi connectivity index (χ2n) is 6.04. The maximum absolute atomic E-state index is 2.39. The van der Waals surface area contributed by atoms with Crippen LogP contribution in [0.3, 0.4) is 0 Å². The lowest BCUT2D eigenvalue weighted by atomic mass is 9.90. The van der Waals surface area contributed by atoms with Gasteiger partial charge in [0.25, 0.3) is 0 Å². The third kappa shape index (κ3) is 9.24. The van der Waals surface area contributed by atoms with E-state index < -0.39 is 0 Å². The van der Waals surface area contributed by atoms with Crippen LogP contribution in [0.2, 0.25) is 0 Å². The van der Waals surface area contributed by atoms with E-state index in [0.29, 0.717) is 0 Å². The molecule has 0 nitrogen and oxygen atoms in total. The highest BCUT2D eigenvalue weighted by atomic mass is 14.1. The summed E-state index contributed by atoms with van der Waals surface area (Å²) in [6.07, 6.45) is 11.4. The molecule has 0 spiro atoms. The van der Waals surface area contributed by atoms with Gasteiger partial charge in [-0.3, -0.25) is 0 Å². The molecule has 0 aliphatic carbocycles. The van der Waals surface area contributed by atoms with Crippen LogP contribution in [0.5, 0.6) is 0 Å². The molecule has 0 heteroatoms. The van der Waals surface area contributed by atoms with E-state index in [4.69, 9.17) is 0 Å². The lowest BCUT2D eigenvalue weighted by Gasteiger charge is -2.16. The van der Waals surface area contributed by atoms with E-state index in [2.05, 4.69) is 34.6 Å². The molecule has 0 N–H and O–H groups in total. The first-order valence-corrected chi connectivity index (χ1v) is 7.60. The van der Waals surface area contributed by atoms with Gasteiger partial charge in [-0.25, -0.2) is 0 Å². The highest BCUT2D eigenvalue weighted by Gasteiger charge is 2.07. The van der Waals surface area contributed by atoms with Crippen LogP contribution in [-0.4, -0.2) is 0 Å². The predicted molar refractivity (Wildman–Crippen MR) is 75.8 cm³/mol. The Morgan fingerprint density at radius 1 is 0.688 bits per heavy atom. The van der Waals surface area contributed by atoms with Gasteiger partial charge < -0.3 is 0 Å². The normalized spacial score (nSPS) is 15.4. The Labute approximate surface area is 104 Å². The molecule has 0 fully saturated rings. The van der Waals surface area contributed by atoms with Crippen molar-refractivity contribution >= 4 is 0 Å². The molecular formula is C16H34. The standard InChI is InChI=1S/C16H34/c1-6-15(5)11-9-13-16(7-2)12-8-10-14(3)4/h14-16H,6-13H2,1-5H3. The van der Waals surface area contributed by atoms with Gasteiger partial charge in [-0.2, -0.15) is 0 Å². The second-order valence-corrected chi connectivity index (χ2v) is 6.04. The summed E-state index contributed by atoms with van der Waals surface area (Å²) in [5.41, 5.74) is 0. The van der Waals surface area contributed by atoms with Gasteiger partial charge in [-0.15, -0.1) is 0 Å². The Kier molecular flexibility index (Phi) is 10.2. The molecule has 0 saturated heterocycles. The lowest BCUT2D eigenvalue weighted by molar-refractivity contribution is 0.368. The minimum Gasteiger partial charge on any atom is -0.0651 e. The maximum atomic E-state index is 2.39. The van der Waals surface area contributed by atoms with Gasteiger partial charge in [0.1, 0.15) is 0 Å². The summed E-state index contributed by atoms with van der Waals surface area (Å²) in [4.78, 5) is 0. The number of rotatable bonds is 10. The zero-order valence-corrected chi connectivity index (χ0v) is 12.4. The molecule has 0 aromatic rings. The van der Waals surface area contributed by atoms with Gasteiger partial charge in [0.2, 0.25) is 0 Å². The van der Waals surface area contributed by atoms with Crippen LogP contribution >= 0.6 is 0 Å². The third-order valence-corrected chi connectivity index (χ3v) is 3.98. The SMILES string of the molecule is CCC(C)CCCC(CC)CCCC(C)C. The van der Waals surface area contributed by atoms with Gasteiger partial charge in [0, 0.05) is 0 Å². The van der Waals surface area contributed by atoms with E-state index in [1.165, 1.54) is 51.4 Å². The van der Waals surface area contributed by atoms with Crippen molar-refractivity contribution in [1.82, 2.24) is 0 Å². The average Bonchev–Trinajstić information content (AvgIpc) is 2.26. The topological polar surface area (TPSA) is 0 Å². The van der Waals surface area contributed by atoms with Crippen molar-refractivity contribution < 1.29 is 0 Å². The molecule has 0 bridgehead atoms. The van der Waals surface area contributed by atoms with Crippen LogP contribution in [-0.2, 0) is 0 Å². The van der Waals surface area contributed by atoms with Crippen LogP contribution in [0, 0.1) is 17.8 Å². The molecule has 0 amide bonds. The van der Waals surface area contributed by atoms with E-state index in [9.17, 15) is 0 Å². The molecule has 0 aliphatic heterocycles. The van der Waals surface area contributed by atoms with E-state index in [1.807, 2.05) is 0 Å². The minimum atomic E-state index is 0.887. The first kappa shape index (κ1) is 16.0. The van der Waals surface area contributed by atoms with E-state index in [0.717, 1.165) is 17.8 Å². The summed E-state index contributed by atoms with van der Waals surface area (Å²) >= 11 is 0. The highest BCUT2D eigenvalue weighted by Crippen LogP contribution is 2.22. The quantitative estimate of drug-likeness (QED) is 0.425. The Hall–Kier alpha value is 0. The molecule has 0 radical (unpaired) electrons. The smallest absolute Gasteiger partial charge is 0.0417 e. The fraction of sp³-hybridized carbons (Fsp3) is 1.00. The molecule has 2 unspecified atom stereocenters. The highest BCUT2D eigenvalue weighted by molar-refractivity contribution is 4.60. The van der Waals surface area contributed by atoms with E-state index >= 15 is 0 Å². The maximum Gasteiger partial charge on any atom is -0.0417 e. The van der Waals surface area contributed by atoms with Crippen molar-refractivity contribution in [2.24, 2.45) is 17.8 Å². The first-order valence-electron chi connectivity index (χ1n) is 7.60. The van der Waals surface area contributed by atoms with Crippen LogP contribution < -0.4 is 0 Å². The van der Waals surface area contributed by atoms with Gasteiger partial charge in [0.15, 0.2) is 0 Å². The second kappa shape index (κ2) is 10.2. The number of hydrogen-bond acceptors (Lipinski definition) is 0. The van der Waals surface area contributed by atoms with Crippen molar-refractivity contribution in [2.45, 2.75) is 86.0 Å². The molecule has 0 saturated carbocycles. The Bertz CT molecular complexity index is 137. The summed E-state index contributed by atoms with van der Waals surface area (Å²) < 4.78 is 0. The Balaban J connectivity index is 3.51. The van der Waals surface area contributed by atoms with Gasteiger partial charge >= 0.3 is 0 Å². The van der Waals surface area contributed by atoms with Crippen LogP contribution in [0.4, 0.5) is 0 Å². The summed E-state index contributed by atoms with van der Waals surface area (Å²) in [7, 11) is 0. The van der Waals surface area contributed by atoms with Gasteiger partial charge in [-0.1, -0.05) is 86.0 Å². The fourth-order valence-electron chi connectivity index (χ4n) is 2.33. The van der Waals surface area contributed by atoms with E-state index in [-0.39, 0.29) is 0 Å². The molecule has 0 rings (SSSR count). The summed E-state index contributed by atoms with van der Waals surface area (Å²) in [5.74, 6) is 2.83. The zero-order chi connectivity index (χ0) is 12.4. The molecular weight excluding hydrogens is 192 g/mol. The molecule has 0 heterocycles. The molecule has 0 aromatic carbocycles. The third-order valence-electron chi connectivity index (χ3n) is 3.98. The van der Waals surface area contributed by atoms with Crippen molar-refractivity contribution in [2.75, 3.05) is 0 Å². The van der Waals surface area contributed by atoms with E-state index in [1.54, 1.807) is 0 Å². The predicted octanol–water partition coefficient (Wildman–Crippen LogP) is 6.06. The fourth-order valence-corrected chi connectivity index (χ4v) is 2.33. The van der Waals surface area contributed by atoms with Crippen LogP contribution in [0.1, 0.15) is 86.0 Å². The Morgan fingerprint density at radius 3 is 1.69 bits per heavy atom. The summed E-state index contributed by atoms with van der Waals surface area (Å²) in [6.45, 7) is 11.7. The van der Waals surface area contributed by atoms with Gasteiger partial charge in [0.05, 0.1) is 0 Å². The minimum absolute atomic E-state index is 0.887. The van der Waals surface area contributed by atoms with Crippen molar-refractivity contribution in [1.29, 1.82) is 0 Å². The molecule has 0 aromatic heterocycles. The molecule has 16 heavy (non-hydrogen) atoms. The Morgan fingerprint density at radius 2 is 1.25 bits per heavy atom. The molecule has 2 atom stereocenters. The number of hydrogen-bond donors (Lipinski definition) is 0.